The second kappa shape index (κ2) is 11.5. The standard InChI is InChI=1S/C43H25N5OS/c1-4-13-26(14-5-1)40-44-36-32-19-10-11-22-34(32)49-38(36)37(45-40)33-21-12-20-31-30-24-23-29(25-35(30)50-39(31)33)43-47-41(27-15-6-2-7-16-27)46-42(48-43)28-17-8-3-9-18-28/h1-25H. The molecule has 0 amide bonds. The topological polar surface area (TPSA) is 77.6 Å². The summed E-state index contributed by atoms with van der Waals surface area (Å²) in [5, 5.41) is 3.29. The summed E-state index contributed by atoms with van der Waals surface area (Å²) in [5.74, 6) is 2.57. The Bertz CT molecular complexity index is 2810. The fraction of sp³-hybridized carbons (Fsp3) is 0. The molecule has 50 heavy (non-hydrogen) atoms. The molecule has 0 radical (unpaired) electrons. The Morgan fingerprint density at radius 3 is 1.64 bits per heavy atom. The second-order valence-corrected chi connectivity index (χ2v) is 13.1. The van der Waals surface area contributed by atoms with E-state index in [0.29, 0.717) is 28.9 Å². The summed E-state index contributed by atoms with van der Waals surface area (Å²) < 4.78 is 8.74. The number of benzene rings is 6. The zero-order valence-corrected chi connectivity index (χ0v) is 27.3. The van der Waals surface area contributed by atoms with Crippen LogP contribution in [0, 0.1) is 0 Å². The summed E-state index contributed by atoms with van der Waals surface area (Å²) in [5.41, 5.74) is 7.83. The molecule has 4 heterocycles. The molecule has 4 aromatic heterocycles. The van der Waals surface area contributed by atoms with Gasteiger partial charge in [-0.15, -0.1) is 11.3 Å². The lowest BCUT2D eigenvalue weighted by Gasteiger charge is -2.08. The van der Waals surface area contributed by atoms with E-state index in [9.17, 15) is 0 Å². The highest BCUT2D eigenvalue weighted by Crippen LogP contribution is 2.44. The Morgan fingerprint density at radius 2 is 0.980 bits per heavy atom. The summed E-state index contributed by atoms with van der Waals surface area (Å²) in [6, 6.07) is 51.1. The van der Waals surface area contributed by atoms with Crippen LogP contribution in [0.1, 0.15) is 0 Å². The van der Waals surface area contributed by atoms with Gasteiger partial charge in [-0.1, -0.05) is 133 Å². The van der Waals surface area contributed by atoms with Crippen molar-refractivity contribution in [3.8, 4) is 56.8 Å². The molecule has 0 aliphatic carbocycles. The van der Waals surface area contributed by atoms with E-state index in [-0.39, 0.29) is 0 Å². The minimum atomic E-state index is 0.629. The van der Waals surface area contributed by atoms with Gasteiger partial charge in [0.05, 0.1) is 0 Å². The van der Waals surface area contributed by atoms with Crippen molar-refractivity contribution < 1.29 is 4.42 Å². The van der Waals surface area contributed by atoms with Gasteiger partial charge in [-0.2, -0.15) is 0 Å². The van der Waals surface area contributed by atoms with Gasteiger partial charge in [0, 0.05) is 53.4 Å². The Morgan fingerprint density at radius 1 is 0.420 bits per heavy atom. The Labute approximate surface area is 290 Å². The van der Waals surface area contributed by atoms with E-state index >= 15 is 0 Å². The molecule has 0 N–H and O–H groups in total. The number of aromatic nitrogens is 5. The van der Waals surface area contributed by atoms with E-state index in [1.54, 1.807) is 11.3 Å². The van der Waals surface area contributed by atoms with Crippen molar-refractivity contribution in [3.63, 3.8) is 0 Å². The molecule has 0 saturated carbocycles. The van der Waals surface area contributed by atoms with E-state index in [1.807, 2.05) is 109 Å². The van der Waals surface area contributed by atoms with Crippen molar-refractivity contribution in [2.45, 2.75) is 0 Å². The van der Waals surface area contributed by atoms with Crippen LogP contribution in [0.15, 0.2) is 156 Å². The molecule has 0 aliphatic rings. The molecule has 6 aromatic carbocycles. The SMILES string of the molecule is c1ccc(-c2nc(-c3ccccc3)nc(-c3ccc4c(c3)sc3c(-c5nc(-c6ccccc6)nc6c5oc5ccccc56)cccc34)n2)cc1. The summed E-state index contributed by atoms with van der Waals surface area (Å²) in [7, 11) is 0. The van der Waals surface area contributed by atoms with Crippen LogP contribution in [0.3, 0.4) is 0 Å². The molecule has 0 atom stereocenters. The fourth-order valence-corrected chi connectivity index (χ4v) is 7.81. The quantitative estimate of drug-likeness (QED) is 0.183. The number of nitrogens with zero attached hydrogens (tertiary/aromatic N) is 5. The zero-order chi connectivity index (χ0) is 33.0. The van der Waals surface area contributed by atoms with E-state index in [2.05, 4.69) is 42.5 Å². The number of hydrogen-bond acceptors (Lipinski definition) is 7. The summed E-state index contributed by atoms with van der Waals surface area (Å²) >= 11 is 1.74. The molecule has 0 fully saturated rings. The minimum Gasteiger partial charge on any atom is -0.452 e. The smallest absolute Gasteiger partial charge is 0.180 e. The highest BCUT2D eigenvalue weighted by molar-refractivity contribution is 7.26. The van der Waals surface area contributed by atoms with Gasteiger partial charge in [-0.05, 0) is 18.2 Å². The molecule has 7 heteroatoms. The third kappa shape index (κ3) is 4.75. The van der Waals surface area contributed by atoms with Gasteiger partial charge < -0.3 is 4.42 Å². The van der Waals surface area contributed by atoms with Gasteiger partial charge in [0.1, 0.15) is 16.8 Å². The van der Waals surface area contributed by atoms with Crippen LogP contribution in [0.25, 0.3) is 99.1 Å². The van der Waals surface area contributed by atoms with Gasteiger partial charge in [-0.3, -0.25) is 0 Å². The van der Waals surface area contributed by atoms with Crippen LogP contribution < -0.4 is 0 Å². The molecule has 0 bridgehead atoms. The van der Waals surface area contributed by atoms with Crippen molar-refractivity contribution in [2.75, 3.05) is 0 Å². The van der Waals surface area contributed by atoms with Crippen molar-refractivity contribution in [2.24, 2.45) is 0 Å². The van der Waals surface area contributed by atoms with Gasteiger partial charge in [0.25, 0.3) is 0 Å². The lowest BCUT2D eigenvalue weighted by Crippen LogP contribution is -1.99. The second-order valence-electron chi connectivity index (χ2n) is 12.1. The normalized spacial score (nSPS) is 11.6. The van der Waals surface area contributed by atoms with Crippen LogP contribution in [0.2, 0.25) is 0 Å². The fourth-order valence-electron chi connectivity index (χ4n) is 6.55. The largest absolute Gasteiger partial charge is 0.452 e. The lowest BCUT2D eigenvalue weighted by molar-refractivity contribution is 0.667. The Balaban J connectivity index is 1.17. The first-order valence-corrected chi connectivity index (χ1v) is 17.2. The van der Waals surface area contributed by atoms with Crippen molar-refractivity contribution >= 4 is 53.6 Å². The number of rotatable bonds is 5. The number of furan rings is 1. The number of fused-ring (bicyclic) bond motifs is 6. The van der Waals surface area contributed by atoms with Crippen LogP contribution in [0.4, 0.5) is 0 Å². The van der Waals surface area contributed by atoms with Crippen LogP contribution in [0.5, 0.6) is 0 Å². The Kier molecular flexibility index (Phi) is 6.57. The maximum absolute atomic E-state index is 6.48. The minimum absolute atomic E-state index is 0.629. The van der Waals surface area contributed by atoms with E-state index in [1.165, 1.54) is 0 Å². The van der Waals surface area contributed by atoms with Crippen molar-refractivity contribution in [1.29, 1.82) is 0 Å². The van der Waals surface area contributed by atoms with E-state index in [0.717, 1.165) is 70.2 Å². The summed E-state index contributed by atoms with van der Waals surface area (Å²) in [4.78, 5) is 25.0. The third-order valence-electron chi connectivity index (χ3n) is 8.96. The molecule has 0 spiro atoms. The van der Waals surface area contributed by atoms with Gasteiger partial charge in [0.15, 0.2) is 28.9 Å². The molecule has 0 aliphatic heterocycles. The molecular weight excluding hydrogens is 635 g/mol. The predicted octanol–water partition coefficient (Wildman–Crippen LogP) is 11.3. The Hall–Kier alpha value is -6.57. The first-order valence-electron chi connectivity index (χ1n) is 16.3. The average Bonchev–Trinajstić information content (AvgIpc) is 3.77. The van der Waals surface area contributed by atoms with Gasteiger partial charge >= 0.3 is 0 Å². The predicted molar refractivity (Wildman–Crippen MR) is 203 cm³/mol. The zero-order valence-electron chi connectivity index (χ0n) is 26.5. The van der Waals surface area contributed by atoms with Gasteiger partial charge in [0.2, 0.25) is 0 Å². The summed E-state index contributed by atoms with van der Waals surface area (Å²) in [6.45, 7) is 0. The summed E-state index contributed by atoms with van der Waals surface area (Å²) in [6.07, 6.45) is 0. The van der Waals surface area contributed by atoms with Gasteiger partial charge in [-0.25, -0.2) is 24.9 Å². The molecule has 0 saturated heterocycles. The van der Waals surface area contributed by atoms with Crippen LogP contribution in [-0.4, -0.2) is 24.9 Å². The molecular formula is C43H25N5OS. The average molecular weight is 660 g/mol. The molecule has 10 aromatic rings. The first kappa shape index (κ1) is 28.4. The lowest BCUT2D eigenvalue weighted by atomic mass is 10.0. The molecule has 6 nitrogen and oxygen atoms in total. The monoisotopic (exact) mass is 659 g/mol. The molecule has 234 valence electrons. The van der Waals surface area contributed by atoms with Crippen molar-refractivity contribution in [3.05, 3.63) is 152 Å². The van der Waals surface area contributed by atoms with Crippen molar-refractivity contribution in [1.82, 2.24) is 24.9 Å². The maximum Gasteiger partial charge on any atom is 0.180 e. The number of thiophene rings is 1. The molecule has 10 rings (SSSR count). The number of hydrogen-bond donors (Lipinski definition) is 0. The van der Waals surface area contributed by atoms with Crippen LogP contribution >= 0.6 is 11.3 Å². The van der Waals surface area contributed by atoms with E-state index < -0.39 is 0 Å². The van der Waals surface area contributed by atoms with Crippen LogP contribution in [-0.2, 0) is 0 Å². The number of para-hydroxylation sites is 1. The molecule has 0 unspecified atom stereocenters. The highest BCUT2D eigenvalue weighted by Gasteiger charge is 2.21. The van der Waals surface area contributed by atoms with E-state index in [4.69, 9.17) is 29.3 Å². The maximum atomic E-state index is 6.48. The third-order valence-corrected chi connectivity index (χ3v) is 10.2. The highest BCUT2D eigenvalue weighted by atomic mass is 32.1. The first-order chi connectivity index (χ1) is 24.8.